The third kappa shape index (κ3) is 1.45. The van der Waals surface area contributed by atoms with Gasteiger partial charge < -0.3 is 20.3 Å². The molecule has 88 valence electrons. The van der Waals surface area contributed by atoms with Crippen LogP contribution in [0.25, 0.3) is 11.3 Å². The number of nitrogens with two attached hydrogens (primary N) is 1. The second-order valence-corrected chi connectivity index (χ2v) is 3.81. The summed E-state index contributed by atoms with van der Waals surface area (Å²) in [5.41, 5.74) is 7.13. The number of rotatable bonds is 1. The predicted molar refractivity (Wildman–Crippen MR) is 60.8 cm³/mol. The molecule has 0 bridgehead atoms. The number of nitrogen functional groups attached to an aromatic ring is 1. The summed E-state index contributed by atoms with van der Waals surface area (Å²) in [5.74, 6) is 1.48. The van der Waals surface area contributed by atoms with Crippen molar-refractivity contribution in [3.63, 3.8) is 0 Å². The highest BCUT2D eigenvalue weighted by Crippen LogP contribution is 2.43. The molecule has 0 saturated carbocycles. The number of ether oxygens (including phenoxy) is 2. The Balaban J connectivity index is 2.13. The first-order valence-electron chi connectivity index (χ1n) is 5.07. The minimum Gasteiger partial charge on any atom is -0.504 e. The third-order valence-corrected chi connectivity index (χ3v) is 2.66. The van der Waals surface area contributed by atoms with Gasteiger partial charge in [0.05, 0.1) is 5.69 Å². The van der Waals surface area contributed by atoms with Crippen LogP contribution < -0.4 is 15.2 Å². The molecule has 3 N–H and O–H groups in total. The molecule has 0 amide bonds. The molecule has 0 atom stereocenters. The van der Waals surface area contributed by atoms with Crippen LogP contribution >= 0.6 is 0 Å². The minimum atomic E-state index is 0.0409. The van der Waals surface area contributed by atoms with Crippen molar-refractivity contribution < 1.29 is 14.6 Å². The Morgan fingerprint density at radius 3 is 2.88 bits per heavy atom. The molecule has 1 aromatic heterocycles. The highest BCUT2D eigenvalue weighted by Gasteiger charge is 2.20. The van der Waals surface area contributed by atoms with Crippen molar-refractivity contribution >= 4 is 5.82 Å². The van der Waals surface area contributed by atoms with Crippen molar-refractivity contribution in [2.45, 2.75) is 0 Å². The largest absolute Gasteiger partial charge is 0.504 e. The number of nitrogens with zero attached hydrogens (tertiary/aromatic N) is 2. The maximum atomic E-state index is 9.78. The lowest BCUT2D eigenvalue weighted by molar-refractivity contribution is 0.171. The monoisotopic (exact) mass is 233 g/mol. The van der Waals surface area contributed by atoms with E-state index in [0.717, 1.165) is 5.56 Å². The molecular weight excluding hydrogens is 222 g/mol. The summed E-state index contributed by atoms with van der Waals surface area (Å²) in [4.78, 5) is 0. The van der Waals surface area contributed by atoms with E-state index in [1.165, 1.54) is 0 Å². The summed E-state index contributed by atoms with van der Waals surface area (Å²) < 4.78 is 11.9. The molecule has 1 aliphatic heterocycles. The van der Waals surface area contributed by atoms with Crippen molar-refractivity contribution in [1.82, 2.24) is 9.78 Å². The molecule has 0 spiro atoms. The summed E-state index contributed by atoms with van der Waals surface area (Å²) in [6, 6.07) is 5.08. The van der Waals surface area contributed by atoms with Gasteiger partial charge in [-0.3, -0.25) is 4.68 Å². The lowest BCUT2D eigenvalue weighted by Gasteiger charge is -2.02. The zero-order valence-electron chi connectivity index (χ0n) is 9.17. The number of phenolic OH excluding ortho intramolecular Hbond substituents is 1. The number of hydrogen-bond donors (Lipinski definition) is 2. The SMILES string of the molecule is Cn1nc(-c2cc(O)c3c(c2)OCO3)cc1N. The zero-order valence-corrected chi connectivity index (χ0v) is 9.17. The maximum absolute atomic E-state index is 9.78. The zero-order chi connectivity index (χ0) is 12.0. The third-order valence-electron chi connectivity index (χ3n) is 2.66. The number of aryl methyl sites for hydroxylation is 1. The highest BCUT2D eigenvalue weighted by molar-refractivity contribution is 5.70. The molecule has 17 heavy (non-hydrogen) atoms. The van der Waals surface area contributed by atoms with E-state index >= 15 is 0 Å². The fourth-order valence-corrected chi connectivity index (χ4v) is 1.76. The van der Waals surface area contributed by atoms with Gasteiger partial charge in [0.25, 0.3) is 0 Å². The smallest absolute Gasteiger partial charge is 0.231 e. The van der Waals surface area contributed by atoms with E-state index < -0.39 is 0 Å². The quantitative estimate of drug-likeness (QED) is 0.770. The normalized spacial score (nSPS) is 13.0. The topological polar surface area (TPSA) is 82.5 Å². The van der Waals surface area contributed by atoms with Crippen LogP contribution in [0, 0.1) is 0 Å². The van der Waals surface area contributed by atoms with Crippen LogP contribution in [0.4, 0.5) is 5.82 Å². The van der Waals surface area contributed by atoms with E-state index in [2.05, 4.69) is 5.10 Å². The van der Waals surface area contributed by atoms with Crippen LogP contribution in [-0.2, 0) is 7.05 Å². The van der Waals surface area contributed by atoms with Gasteiger partial charge in [-0.15, -0.1) is 0 Å². The molecule has 1 aliphatic rings. The Bertz CT molecular complexity index is 572. The first-order valence-corrected chi connectivity index (χ1v) is 5.07. The van der Waals surface area contributed by atoms with Crippen LogP contribution in [0.15, 0.2) is 18.2 Å². The average molecular weight is 233 g/mol. The van der Waals surface area contributed by atoms with Crippen molar-refractivity contribution in [2.24, 2.45) is 7.05 Å². The van der Waals surface area contributed by atoms with Crippen LogP contribution in [0.2, 0.25) is 0 Å². The Morgan fingerprint density at radius 2 is 2.18 bits per heavy atom. The van der Waals surface area contributed by atoms with Crippen molar-refractivity contribution in [1.29, 1.82) is 0 Å². The molecule has 6 heteroatoms. The van der Waals surface area contributed by atoms with Gasteiger partial charge in [0.15, 0.2) is 11.5 Å². The molecule has 2 aromatic rings. The molecule has 3 rings (SSSR count). The van der Waals surface area contributed by atoms with Crippen LogP contribution in [0.3, 0.4) is 0 Å². The summed E-state index contributed by atoms with van der Waals surface area (Å²) in [5, 5.41) is 14.0. The molecular formula is C11H11N3O3. The van der Waals surface area contributed by atoms with Gasteiger partial charge in [0.2, 0.25) is 12.5 Å². The number of hydrogen-bond acceptors (Lipinski definition) is 5. The van der Waals surface area contributed by atoms with Gasteiger partial charge in [0, 0.05) is 18.7 Å². The molecule has 6 nitrogen and oxygen atoms in total. The van der Waals surface area contributed by atoms with Crippen molar-refractivity contribution in [2.75, 3.05) is 12.5 Å². The van der Waals surface area contributed by atoms with E-state index in [-0.39, 0.29) is 12.5 Å². The molecule has 0 fully saturated rings. The Kier molecular flexibility index (Phi) is 1.91. The Morgan fingerprint density at radius 1 is 1.35 bits per heavy atom. The van der Waals surface area contributed by atoms with E-state index in [1.807, 2.05) is 0 Å². The van der Waals surface area contributed by atoms with E-state index in [4.69, 9.17) is 15.2 Å². The van der Waals surface area contributed by atoms with Crippen LogP contribution in [0.5, 0.6) is 17.2 Å². The fraction of sp³-hybridized carbons (Fsp3) is 0.182. The molecule has 0 saturated heterocycles. The van der Waals surface area contributed by atoms with Crippen molar-refractivity contribution in [3.8, 4) is 28.5 Å². The highest BCUT2D eigenvalue weighted by atomic mass is 16.7. The molecule has 1 aromatic carbocycles. The second-order valence-electron chi connectivity index (χ2n) is 3.81. The number of fused-ring (bicyclic) bond motifs is 1. The number of phenols is 1. The summed E-state index contributed by atoms with van der Waals surface area (Å²) in [6.45, 7) is 0.122. The summed E-state index contributed by atoms with van der Waals surface area (Å²) in [6.07, 6.45) is 0. The van der Waals surface area contributed by atoms with Gasteiger partial charge in [-0.2, -0.15) is 5.10 Å². The van der Waals surface area contributed by atoms with E-state index in [0.29, 0.717) is 23.0 Å². The second kappa shape index (κ2) is 3.31. The number of aromatic hydroxyl groups is 1. The molecule has 2 heterocycles. The number of anilines is 1. The predicted octanol–water partition coefficient (Wildman–Crippen LogP) is 1.10. The van der Waals surface area contributed by atoms with E-state index in [9.17, 15) is 5.11 Å². The van der Waals surface area contributed by atoms with E-state index in [1.54, 1.807) is 29.9 Å². The van der Waals surface area contributed by atoms with Gasteiger partial charge in [0.1, 0.15) is 5.82 Å². The van der Waals surface area contributed by atoms with Gasteiger partial charge >= 0.3 is 0 Å². The number of benzene rings is 1. The van der Waals surface area contributed by atoms with Gasteiger partial charge in [-0.05, 0) is 12.1 Å². The van der Waals surface area contributed by atoms with Crippen LogP contribution in [-0.4, -0.2) is 21.7 Å². The van der Waals surface area contributed by atoms with Gasteiger partial charge in [-0.1, -0.05) is 0 Å². The minimum absolute atomic E-state index is 0.0409. The fourth-order valence-electron chi connectivity index (χ4n) is 1.76. The number of aromatic nitrogens is 2. The van der Waals surface area contributed by atoms with Crippen molar-refractivity contribution in [3.05, 3.63) is 18.2 Å². The Hall–Kier alpha value is -2.37. The molecule has 0 radical (unpaired) electrons. The lowest BCUT2D eigenvalue weighted by atomic mass is 10.1. The Labute approximate surface area is 97.2 Å². The van der Waals surface area contributed by atoms with Crippen LogP contribution in [0.1, 0.15) is 0 Å². The average Bonchev–Trinajstić information content (AvgIpc) is 2.87. The maximum Gasteiger partial charge on any atom is 0.231 e. The van der Waals surface area contributed by atoms with Gasteiger partial charge in [-0.25, -0.2) is 0 Å². The summed E-state index contributed by atoms with van der Waals surface area (Å²) in [7, 11) is 1.76. The first-order chi connectivity index (χ1) is 8.15. The molecule has 0 unspecified atom stereocenters. The summed E-state index contributed by atoms with van der Waals surface area (Å²) >= 11 is 0. The lowest BCUT2D eigenvalue weighted by Crippen LogP contribution is -1.96. The molecule has 0 aliphatic carbocycles. The standard InChI is InChI=1S/C11H11N3O3/c1-14-10(12)4-7(13-14)6-2-8(15)11-9(3-6)16-5-17-11/h2-4,15H,5,12H2,1H3. The first kappa shape index (κ1) is 9.83.